The maximum absolute atomic E-state index is 15.1. The minimum absolute atomic E-state index is 0.104. The van der Waals surface area contributed by atoms with Crippen molar-refractivity contribution in [3.63, 3.8) is 0 Å². The van der Waals surface area contributed by atoms with Crippen LogP contribution in [0.2, 0.25) is 0 Å². The summed E-state index contributed by atoms with van der Waals surface area (Å²) in [7, 11) is -4.51. The van der Waals surface area contributed by atoms with Crippen LogP contribution < -0.4 is 9.99 Å². The monoisotopic (exact) mass is 638 g/mol. The standard InChI is InChI=1S/C29H41FN4O5P2S/c1-5-37-41(36,38-6-2)21-25(13-19-40(35)32-16-18-39-40)24-9-10-26(30)28(20-24)34(4)17-7-8-27-22(3)42-29(33-27)23-11-14-31-15-12-23/h9-12,14-15,20,25H,5-8,13,16-19,21H2,1-4H3,(H,32,35). The van der Waals surface area contributed by atoms with Gasteiger partial charge in [0.1, 0.15) is 10.8 Å². The van der Waals surface area contributed by atoms with Crippen molar-refractivity contribution in [2.45, 2.75) is 46.0 Å². The van der Waals surface area contributed by atoms with Crippen LogP contribution in [0.5, 0.6) is 0 Å². The summed E-state index contributed by atoms with van der Waals surface area (Å²) in [6.07, 6.45) is 5.89. The fraction of sp³-hybridized carbons (Fsp3) is 0.517. The molecule has 0 radical (unpaired) electrons. The quantitative estimate of drug-likeness (QED) is 0.162. The van der Waals surface area contributed by atoms with Gasteiger partial charge in [0, 0.05) is 49.1 Å². The zero-order chi connectivity index (χ0) is 30.2. The van der Waals surface area contributed by atoms with Crippen LogP contribution in [0.3, 0.4) is 0 Å². The third-order valence-electron chi connectivity index (χ3n) is 7.20. The molecule has 0 spiro atoms. The first-order valence-corrected chi connectivity index (χ1v) is 18.7. The van der Waals surface area contributed by atoms with Gasteiger partial charge in [0.2, 0.25) is 0 Å². The summed E-state index contributed by atoms with van der Waals surface area (Å²) in [5.41, 5.74) is 3.35. The second-order valence-corrected chi connectivity index (χ2v) is 15.9. The number of rotatable bonds is 16. The number of thiazole rings is 1. The third kappa shape index (κ3) is 8.79. The van der Waals surface area contributed by atoms with E-state index >= 15 is 4.39 Å². The predicted octanol–water partition coefficient (Wildman–Crippen LogP) is 7.27. The highest BCUT2D eigenvalue weighted by Gasteiger charge is 2.34. The molecule has 0 saturated carbocycles. The average Bonchev–Trinajstić information content (AvgIpc) is 3.57. The van der Waals surface area contributed by atoms with Gasteiger partial charge in [0.05, 0.1) is 37.4 Å². The molecule has 42 heavy (non-hydrogen) atoms. The fourth-order valence-corrected chi connectivity index (χ4v) is 9.87. The number of hydrogen-bond acceptors (Lipinski definition) is 9. The van der Waals surface area contributed by atoms with Crippen molar-refractivity contribution in [3.8, 4) is 10.6 Å². The number of pyridine rings is 1. The van der Waals surface area contributed by atoms with E-state index in [0.29, 0.717) is 31.8 Å². The zero-order valence-corrected chi connectivity index (χ0v) is 27.4. The maximum atomic E-state index is 15.1. The molecule has 13 heteroatoms. The first kappa shape index (κ1) is 32.9. The Balaban J connectivity index is 1.48. The number of nitrogens with one attached hydrogen (secondary N) is 1. The van der Waals surface area contributed by atoms with Crippen molar-refractivity contribution >= 4 is 32.1 Å². The molecule has 0 amide bonds. The number of halogens is 1. The molecule has 2 aromatic heterocycles. The van der Waals surface area contributed by atoms with E-state index in [1.165, 1.54) is 10.9 Å². The van der Waals surface area contributed by atoms with Gasteiger partial charge in [-0.3, -0.25) is 14.1 Å². The Morgan fingerprint density at radius 2 is 1.95 bits per heavy atom. The van der Waals surface area contributed by atoms with Gasteiger partial charge < -0.3 is 18.5 Å². The highest BCUT2D eigenvalue weighted by Crippen LogP contribution is 2.54. The predicted molar refractivity (Wildman–Crippen MR) is 168 cm³/mol. The molecule has 1 aliphatic rings. The normalized spacial score (nSPS) is 17.9. The summed E-state index contributed by atoms with van der Waals surface area (Å²) in [6.45, 7) is 7.66. The van der Waals surface area contributed by atoms with Crippen molar-refractivity contribution in [3.05, 3.63) is 64.7 Å². The smallest absolute Gasteiger partial charge is 0.331 e. The lowest BCUT2D eigenvalue weighted by molar-refractivity contribution is 0.218. The SMILES string of the molecule is CCOP(=O)(CC(CCP1(=O)NCCO1)c1ccc(F)c(N(C)CCCc2nc(-c3ccncc3)sc2C)c1)OCC. The largest absolute Gasteiger partial charge is 0.372 e. The summed E-state index contributed by atoms with van der Waals surface area (Å²) >= 11 is 1.67. The highest BCUT2D eigenvalue weighted by atomic mass is 32.1. The van der Waals surface area contributed by atoms with Gasteiger partial charge in [0.15, 0.2) is 0 Å². The average molecular weight is 639 g/mol. The molecule has 2 atom stereocenters. The van der Waals surface area contributed by atoms with E-state index in [0.717, 1.165) is 34.7 Å². The molecule has 1 aromatic carbocycles. The Morgan fingerprint density at radius 3 is 2.62 bits per heavy atom. The van der Waals surface area contributed by atoms with Crippen LogP contribution in [0.4, 0.5) is 10.1 Å². The summed E-state index contributed by atoms with van der Waals surface area (Å²) in [5, 5.41) is 3.94. The molecule has 1 fully saturated rings. The third-order valence-corrected chi connectivity index (χ3v) is 12.6. The second kappa shape index (κ2) is 15.2. The van der Waals surface area contributed by atoms with Gasteiger partial charge in [-0.1, -0.05) is 6.07 Å². The van der Waals surface area contributed by atoms with Crippen LogP contribution in [0.15, 0.2) is 42.7 Å². The van der Waals surface area contributed by atoms with Gasteiger partial charge in [0.25, 0.3) is 7.52 Å². The summed E-state index contributed by atoms with van der Waals surface area (Å²) < 4.78 is 58.3. The molecule has 2 unspecified atom stereocenters. The number of aromatic nitrogens is 2. The Bertz CT molecular complexity index is 1390. The van der Waals surface area contributed by atoms with Crippen LogP contribution in [0, 0.1) is 12.7 Å². The van der Waals surface area contributed by atoms with Crippen LogP contribution in [0.25, 0.3) is 10.6 Å². The van der Waals surface area contributed by atoms with E-state index in [9.17, 15) is 9.13 Å². The maximum Gasteiger partial charge on any atom is 0.331 e. The number of hydrogen-bond donors (Lipinski definition) is 1. The minimum Gasteiger partial charge on any atom is -0.372 e. The molecule has 4 rings (SSSR count). The van der Waals surface area contributed by atoms with Gasteiger partial charge in [-0.2, -0.15) is 0 Å². The summed E-state index contributed by atoms with van der Waals surface area (Å²) in [6, 6.07) is 8.86. The molecule has 1 saturated heterocycles. The Kier molecular flexibility index (Phi) is 11.9. The van der Waals surface area contributed by atoms with E-state index in [1.807, 2.05) is 24.1 Å². The van der Waals surface area contributed by atoms with E-state index in [-0.39, 0.29) is 37.3 Å². The molecule has 1 N–H and O–H groups in total. The Hall–Kier alpha value is -1.97. The molecule has 0 bridgehead atoms. The van der Waals surface area contributed by atoms with Gasteiger partial charge >= 0.3 is 7.60 Å². The van der Waals surface area contributed by atoms with Crippen molar-refractivity contribution in [2.24, 2.45) is 0 Å². The van der Waals surface area contributed by atoms with Crippen LogP contribution in [-0.2, 0) is 29.1 Å². The summed E-state index contributed by atoms with van der Waals surface area (Å²) in [4.78, 5) is 12.0. The van der Waals surface area contributed by atoms with Crippen molar-refractivity contribution in [2.75, 3.05) is 57.2 Å². The molecule has 3 aromatic rings. The molecule has 0 aliphatic carbocycles. The van der Waals surface area contributed by atoms with E-state index in [4.69, 9.17) is 18.6 Å². The lowest BCUT2D eigenvalue weighted by Crippen LogP contribution is -2.21. The highest BCUT2D eigenvalue weighted by molar-refractivity contribution is 7.57. The molecular weight excluding hydrogens is 597 g/mol. The lowest BCUT2D eigenvalue weighted by Gasteiger charge is -2.26. The molecule has 3 heterocycles. The van der Waals surface area contributed by atoms with E-state index in [2.05, 4.69) is 17.0 Å². The van der Waals surface area contributed by atoms with Gasteiger partial charge in [-0.25, -0.2) is 14.5 Å². The number of benzene rings is 1. The minimum atomic E-state index is -3.42. The molecular formula is C29H41FN4O5P2S. The molecule has 9 nitrogen and oxygen atoms in total. The number of nitrogens with zero attached hydrogens (tertiary/aromatic N) is 3. The van der Waals surface area contributed by atoms with Crippen LogP contribution in [-0.4, -0.2) is 62.2 Å². The molecule has 1 aliphatic heterocycles. The first-order chi connectivity index (χ1) is 20.1. The van der Waals surface area contributed by atoms with Crippen molar-refractivity contribution < 1.29 is 27.1 Å². The van der Waals surface area contributed by atoms with Crippen LogP contribution >= 0.6 is 26.5 Å². The van der Waals surface area contributed by atoms with E-state index in [1.54, 1.807) is 49.7 Å². The molecule has 230 valence electrons. The van der Waals surface area contributed by atoms with Gasteiger partial charge in [-0.15, -0.1) is 11.3 Å². The lowest BCUT2D eigenvalue weighted by atomic mass is 9.97. The Labute approximate surface area is 252 Å². The first-order valence-electron chi connectivity index (χ1n) is 14.4. The van der Waals surface area contributed by atoms with Crippen LogP contribution in [0.1, 0.15) is 48.7 Å². The number of aryl methyl sites for hydroxylation is 2. The van der Waals surface area contributed by atoms with Crippen molar-refractivity contribution in [1.29, 1.82) is 0 Å². The zero-order valence-electron chi connectivity index (χ0n) is 24.8. The number of anilines is 1. The second-order valence-electron chi connectivity index (χ2n) is 10.2. The van der Waals surface area contributed by atoms with Gasteiger partial charge in [-0.05, 0) is 75.8 Å². The summed E-state index contributed by atoms with van der Waals surface area (Å²) in [5.74, 6) is -0.668. The Morgan fingerprint density at radius 1 is 1.21 bits per heavy atom. The van der Waals surface area contributed by atoms with Crippen molar-refractivity contribution in [1.82, 2.24) is 15.1 Å². The topological polar surface area (TPSA) is 103 Å². The van der Waals surface area contributed by atoms with E-state index < -0.39 is 15.1 Å². The fourth-order valence-electron chi connectivity index (χ4n) is 5.05.